The van der Waals surface area contributed by atoms with E-state index in [-0.39, 0.29) is 0 Å². The summed E-state index contributed by atoms with van der Waals surface area (Å²) >= 11 is 0. The zero-order chi connectivity index (χ0) is 8.57. The van der Waals surface area contributed by atoms with Crippen molar-refractivity contribution in [1.82, 2.24) is 5.32 Å². The highest BCUT2D eigenvalue weighted by molar-refractivity contribution is 4.56. The zero-order valence-electron chi connectivity index (χ0n) is 7.74. The molecule has 0 aromatic rings. The fourth-order valence-corrected chi connectivity index (χ4v) is 0.398. The normalized spacial score (nSPS) is 12.3. The molecular weight excluding hydrogens is 129 g/mol. The van der Waals surface area contributed by atoms with Crippen LogP contribution in [0.2, 0.25) is 0 Å². The smallest absolute Gasteiger partial charge is 0.110 e. The molecule has 0 saturated carbocycles. The van der Waals surface area contributed by atoms with Gasteiger partial charge in [-0.1, -0.05) is 27.7 Å². The van der Waals surface area contributed by atoms with E-state index < -0.39 is 6.17 Å². The van der Waals surface area contributed by atoms with E-state index in [2.05, 4.69) is 5.32 Å². The summed E-state index contributed by atoms with van der Waals surface area (Å²) in [6, 6.07) is 0.396. The van der Waals surface area contributed by atoms with E-state index in [1.165, 1.54) is 0 Å². The van der Waals surface area contributed by atoms with Crippen LogP contribution >= 0.6 is 0 Å². The fraction of sp³-hybridized carbons (Fsp3) is 1.00. The van der Waals surface area contributed by atoms with Crippen LogP contribution in [0.3, 0.4) is 0 Å². The lowest BCUT2D eigenvalue weighted by molar-refractivity contribution is 0.335. The average molecular weight is 149 g/mol. The van der Waals surface area contributed by atoms with Crippen LogP contribution in [-0.4, -0.2) is 18.8 Å². The molecule has 0 bridgehead atoms. The Balaban J connectivity index is 0. The molecule has 0 aliphatic heterocycles. The molecule has 1 unspecified atom stereocenters. The Morgan fingerprint density at radius 1 is 1.20 bits per heavy atom. The summed E-state index contributed by atoms with van der Waals surface area (Å²) in [5, 5.41) is 2.97. The molecule has 0 radical (unpaired) electrons. The Labute approximate surface area is 64.0 Å². The SMILES string of the molecule is CC.CC(F)CNC(C)C. The van der Waals surface area contributed by atoms with E-state index in [0.717, 1.165) is 0 Å². The van der Waals surface area contributed by atoms with Crippen molar-refractivity contribution >= 4 is 0 Å². The molecule has 0 amide bonds. The van der Waals surface area contributed by atoms with Crippen molar-refractivity contribution in [2.24, 2.45) is 0 Å². The van der Waals surface area contributed by atoms with Crippen molar-refractivity contribution in [3.63, 3.8) is 0 Å². The van der Waals surface area contributed by atoms with Gasteiger partial charge < -0.3 is 5.32 Å². The van der Waals surface area contributed by atoms with Crippen molar-refractivity contribution in [3.8, 4) is 0 Å². The highest BCUT2D eigenvalue weighted by Gasteiger charge is 1.96. The average Bonchev–Trinajstić information content (AvgIpc) is 1.89. The first kappa shape index (κ1) is 12.6. The van der Waals surface area contributed by atoms with Gasteiger partial charge in [0.05, 0.1) is 0 Å². The summed E-state index contributed by atoms with van der Waals surface area (Å²) in [6.45, 7) is 10.0. The Morgan fingerprint density at radius 2 is 1.60 bits per heavy atom. The van der Waals surface area contributed by atoms with Crippen LogP contribution in [0.4, 0.5) is 4.39 Å². The second-order valence-electron chi connectivity index (χ2n) is 2.34. The third-order valence-electron chi connectivity index (χ3n) is 0.807. The van der Waals surface area contributed by atoms with Gasteiger partial charge in [-0.3, -0.25) is 0 Å². The maximum atomic E-state index is 12.0. The molecule has 0 aliphatic rings. The first-order chi connectivity index (χ1) is 4.63. The van der Waals surface area contributed by atoms with Crippen LogP contribution in [-0.2, 0) is 0 Å². The molecule has 0 aromatic carbocycles. The number of halogens is 1. The quantitative estimate of drug-likeness (QED) is 0.649. The molecule has 0 aromatic heterocycles. The lowest BCUT2D eigenvalue weighted by Gasteiger charge is -2.07. The molecule has 0 rings (SSSR count). The number of hydrogen-bond acceptors (Lipinski definition) is 1. The molecule has 1 nitrogen and oxygen atoms in total. The molecule has 2 heteroatoms. The highest BCUT2D eigenvalue weighted by Crippen LogP contribution is 1.85. The number of rotatable bonds is 3. The number of hydrogen-bond donors (Lipinski definition) is 1. The van der Waals surface area contributed by atoms with Crippen molar-refractivity contribution in [2.45, 2.75) is 46.8 Å². The number of nitrogens with one attached hydrogen (secondary N) is 1. The Kier molecular flexibility index (Phi) is 11.2. The van der Waals surface area contributed by atoms with Crippen LogP contribution in [0.15, 0.2) is 0 Å². The molecule has 0 aliphatic carbocycles. The van der Waals surface area contributed by atoms with Crippen molar-refractivity contribution in [3.05, 3.63) is 0 Å². The highest BCUT2D eigenvalue weighted by atomic mass is 19.1. The van der Waals surface area contributed by atoms with E-state index in [1.54, 1.807) is 6.92 Å². The predicted octanol–water partition coefficient (Wildman–Crippen LogP) is 2.37. The van der Waals surface area contributed by atoms with Gasteiger partial charge in [-0.15, -0.1) is 0 Å². The Hall–Kier alpha value is -0.110. The van der Waals surface area contributed by atoms with Gasteiger partial charge in [0.25, 0.3) is 0 Å². The fourth-order valence-electron chi connectivity index (χ4n) is 0.398. The third kappa shape index (κ3) is 15.7. The van der Waals surface area contributed by atoms with Crippen molar-refractivity contribution < 1.29 is 4.39 Å². The summed E-state index contributed by atoms with van der Waals surface area (Å²) in [5.41, 5.74) is 0. The molecule has 0 fully saturated rings. The molecule has 0 heterocycles. The molecule has 64 valence electrons. The largest absolute Gasteiger partial charge is 0.312 e. The molecule has 0 saturated heterocycles. The number of alkyl halides is 1. The monoisotopic (exact) mass is 149 g/mol. The van der Waals surface area contributed by atoms with E-state index in [1.807, 2.05) is 27.7 Å². The molecule has 0 spiro atoms. The van der Waals surface area contributed by atoms with Gasteiger partial charge in [-0.2, -0.15) is 0 Å². The van der Waals surface area contributed by atoms with Gasteiger partial charge in [-0.05, 0) is 6.92 Å². The van der Waals surface area contributed by atoms with Crippen LogP contribution < -0.4 is 5.32 Å². The molecule has 1 N–H and O–H groups in total. The second-order valence-corrected chi connectivity index (χ2v) is 2.34. The van der Waals surface area contributed by atoms with Gasteiger partial charge >= 0.3 is 0 Å². The van der Waals surface area contributed by atoms with Gasteiger partial charge in [0, 0.05) is 12.6 Å². The van der Waals surface area contributed by atoms with Crippen LogP contribution in [0.25, 0.3) is 0 Å². The zero-order valence-corrected chi connectivity index (χ0v) is 7.74. The maximum absolute atomic E-state index is 12.0. The van der Waals surface area contributed by atoms with Crippen LogP contribution in [0, 0.1) is 0 Å². The summed E-state index contributed by atoms with van der Waals surface area (Å²) in [6.07, 6.45) is -0.725. The van der Waals surface area contributed by atoms with Crippen LogP contribution in [0.1, 0.15) is 34.6 Å². The minimum Gasteiger partial charge on any atom is -0.312 e. The van der Waals surface area contributed by atoms with E-state index >= 15 is 0 Å². The summed E-state index contributed by atoms with van der Waals surface area (Å²) in [5.74, 6) is 0. The predicted molar refractivity (Wildman–Crippen MR) is 45.1 cm³/mol. The molecule has 10 heavy (non-hydrogen) atoms. The Bertz CT molecular complexity index is 45.2. The van der Waals surface area contributed by atoms with E-state index in [9.17, 15) is 4.39 Å². The van der Waals surface area contributed by atoms with Gasteiger partial charge in [0.1, 0.15) is 6.17 Å². The summed E-state index contributed by atoms with van der Waals surface area (Å²) < 4.78 is 12.0. The Morgan fingerprint density at radius 3 is 1.70 bits per heavy atom. The lowest BCUT2D eigenvalue weighted by Crippen LogP contribution is -2.28. The molecular formula is C8H20FN. The first-order valence-electron chi connectivity index (χ1n) is 4.00. The maximum Gasteiger partial charge on any atom is 0.110 e. The summed E-state index contributed by atoms with van der Waals surface area (Å²) in [7, 11) is 0. The van der Waals surface area contributed by atoms with Crippen molar-refractivity contribution in [2.75, 3.05) is 6.54 Å². The van der Waals surface area contributed by atoms with E-state index in [4.69, 9.17) is 0 Å². The van der Waals surface area contributed by atoms with Crippen LogP contribution in [0.5, 0.6) is 0 Å². The summed E-state index contributed by atoms with van der Waals surface area (Å²) in [4.78, 5) is 0. The van der Waals surface area contributed by atoms with Gasteiger partial charge in [-0.25, -0.2) is 4.39 Å². The minimum atomic E-state index is -0.725. The van der Waals surface area contributed by atoms with Gasteiger partial charge in [0.15, 0.2) is 0 Å². The second kappa shape index (κ2) is 8.89. The minimum absolute atomic E-state index is 0.396. The van der Waals surface area contributed by atoms with E-state index in [0.29, 0.717) is 12.6 Å². The lowest BCUT2D eigenvalue weighted by atomic mass is 10.3. The topological polar surface area (TPSA) is 12.0 Å². The standard InChI is InChI=1S/C6H14FN.C2H6/c1-5(2)8-4-6(3)7;1-2/h5-6,8H,4H2,1-3H3;1-2H3. The first-order valence-corrected chi connectivity index (χ1v) is 4.00. The van der Waals surface area contributed by atoms with Crippen molar-refractivity contribution in [1.29, 1.82) is 0 Å². The molecule has 1 atom stereocenters. The third-order valence-corrected chi connectivity index (χ3v) is 0.807. The van der Waals surface area contributed by atoms with Gasteiger partial charge in [0.2, 0.25) is 0 Å².